The summed E-state index contributed by atoms with van der Waals surface area (Å²) in [5.41, 5.74) is 5.93. The van der Waals surface area contributed by atoms with Crippen LogP contribution in [0.1, 0.15) is 11.1 Å². The van der Waals surface area contributed by atoms with E-state index in [9.17, 15) is 4.79 Å². The summed E-state index contributed by atoms with van der Waals surface area (Å²) in [6.07, 6.45) is 1.90. The second-order valence-corrected chi connectivity index (χ2v) is 6.17. The fourth-order valence-corrected chi connectivity index (χ4v) is 3.17. The third kappa shape index (κ3) is 2.40. The normalized spacial score (nSPS) is 14.6. The van der Waals surface area contributed by atoms with Crippen molar-refractivity contribution in [3.63, 3.8) is 0 Å². The first-order chi connectivity index (χ1) is 12.8. The Balaban J connectivity index is 1.50. The first kappa shape index (κ1) is 14.7. The predicted molar refractivity (Wildman–Crippen MR) is 102 cm³/mol. The van der Waals surface area contributed by atoms with E-state index in [4.69, 9.17) is 4.42 Å². The van der Waals surface area contributed by atoms with Crippen LogP contribution >= 0.6 is 0 Å². The molecule has 0 atom stereocenters. The summed E-state index contributed by atoms with van der Waals surface area (Å²) in [5.74, 6) is 0.517. The third-order valence-corrected chi connectivity index (χ3v) is 4.47. The number of carbonyl (C=O) groups excluding carboxylic acids is 1. The number of nitrogens with zero attached hydrogens (tertiary/aromatic N) is 1. The van der Waals surface area contributed by atoms with Gasteiger partial charge in [0, 0.05) is 22.4 Å². The highest BCUT2D eigenvalue weighted by Gasteiger charge is 2.23. The van der Waals surface area contributed by atoms with Crippen molar-refractivity contribution in [1.82, 2.24) is 4.98 Å². The number of fused-ring (bicyclic) bond motifs is 2. The second-order valence-electron chi connectivity index (χ2n) is 6.17. The van der Waals surface area contributed by atoms with Crippen molar-refractivity contribution < 1.29 is 9.21 Å². The molecule has 4 nitrogen and oxygen atoms in total. The van der Waals surface area contributed by atoms with Crippen molar-refractivity contribution in [2.24, 2.45) is 0 Å². The Hall–Kier alpha value is -3.66. The van der Waals surface area contributed by atoms with Gasteiger partial charge in [-0.05, 0) is 42.0 Å². The average Bonchev–Trinajstić information content (AvgIpc) is 3.24. The fraction of sp³-hybridized carbons (Fsp3) is 0. The summed E-state index contributed by atoms with van der Waals surface area (Å²) in [5, 5.41) is 2.89. The molecule has 0 radical (unpaired) electrons. The molecule has 124 valence electrons. The number of anilines is 1. The number of hydrogen-bond donors (Lipinski definition) is 1. The zero-order chi connectivity index (χ0) is 17.5. The maximum Gasteiger partial charge on any atom is 0.256 e. The quantitative estimate of drug-likeness (QED) is 0.524. The van der Waals surface area contributed by atoms with Crippen molar-refractivity contribution >= 4 is 34.3 Å². The Morgan fingerprint density at radius 2 is 1.65 bits per heavy atom. The number of nitrogens with one attached hydrogen (secondary N) is 1. The van der Waals surface area contributed by atoms with Crippen molar-refractivity contribution in [1.29, 1.82) is 0 Å². The van der Waals surface area contributed by atoms with Gasteiger partial charge in [-0.2, -0.15) is 0 Å². The molecule has 0 spiro atoms. The molecule has 0 saturated heterocycles. The smallest absolute Gasteiger partial charge is 0.256 e. The molecule has 0 bridgehead atoms. The molecule has 0 unspecified atom stereocenters. The molecule has 1 aliphatic rings. The lowest BCUT2D eigenvalue weighted by Crippen LogP contribution is -2.03. The van der Waals surface area contributed by atoms with Crippen LogP contribution in [0.25, 0.3) is 34.2 Å². The Morgan fingerprint density at radius 1 is 0.885 bits per heavy atom. The number of amides is 1. The van der Waals surface area contributed by atoms with Gasteiger partial charge in [-0.3, -0.25) is 4.79 Å². The van der Waals surface area contributed by atoms with Gasteiger partial charge in [0.25, 0.3) is 5.91 Å². The van der Waals surface area contributed by atoms with Crippen LogP contribution in [-0.2, 0) is 4.79 Å². The van der Waals surface area contributed by atoms with E-state index in [-0.39, 0.29) is 5.91 Å². The SMILES string of the molecule is O=C1Nc2ccccc2C1=Cc1ccc(-c2nc3ccccc3o2)cc1. The summed E-state index contributed by atoms with van der Waals surface area (Å²) in [4.78, 5) is 16.7. The molecule has 0 aliphatic carbocycles. The second kappa shape index (κ2) is 5.70. The van der Waals surface area contributed by atoms with Crippen LogP contribution in [0.15, 0.2) is 77.2 Å². The molecule has 1 aromatic heterocycles. The lowest BCUT2D eigenvalue weighted by Gasteiger charge is -2.00. The van der Waals surface area contributed by atoms with Crippen LogP contribution in [0, 0.1) is 0 Å². The molecule has 1 aliphatic heterocycles. The molecule has 1 amide bonds. The van der Waals surface area contributed by atoms with Gasteiger partial charge in [0.1, 0.15) is 5.52 Å². The Labute approximate surface area is 149 Å². The van der Waals surface area contributed by atoms with Crippen LogP contribution in [0.5, 0.6) is 0 Å². The summed E-state index contributed by atoms with van der Waals surface area (Å²) in [6.45, 7) is 0. The van der Waals surface area contributed by atoms with Crippen LogP contribution in [0.4, 0.5) is 5.69 Å². The van der Waals surface area contributed by atoms with E-state index in [1.54, 1.807) is 0 Å². The van der Waals surface area contributed by atoms with Crippen molar-refractivity contribution in [2.45, 2.75) is 0 Å². The molecular formula is C22H14N2O2. The zero-order valence-corrected chi connectivity index (χ0v) is 13.8. The number of aromatic nitrogens is 1. The minimum Gasteiger partial charge on any atom is -0.436 e. The van der Waals surface area contributed by atoms with E-state index in [1.165, 1.54) is 0 Å². The molecular weight excluding hydrogens is 324 g/mol. The van der Waals surface area contributed by atoms with Gasteiger partial charge in [0.2, 0.25) is 5.89 Å². The lowest BCUT2D eigenvalue weighted by atomic mass is 10.0. The number of carbonyl (C=O) groups is 1. The van der Waals surface area contributed by atoms with E-state index in [1.807, 2.05) is 78.9 Å². The summed E-state index contributed by atoms with van der Waals surface area (Å²) >= 11 is 0. The number of benzene rings is 3. The van der Waals surface area contributed by atoms with Gasteiger partial charge < -0.3 is 9.73 Å². The molecule has 4 heteroatoms. The standard InChI is InChI=1S/C22H14N2O2/c25-21-17(16-5-1-2-6-18(16)23-21)13-14-9-11-15(12-10-14)22-24-19-7-3-4-8-20(19)26-22/h1-13H,(H,23,25). The molecule has 2 heterocycles. The van der Waals surface area contributed by atoms with E-state index >= 15 is 0 Å². The summed E-state index contributed by atoms with van der Waals surface area (Å²) in [6, 6.07) is 23.2. The topological polar surface area (TPSA) is 55.1 Å². The maximum absolute atomic E-state index is 12.2. The van der Waals surface area contributed by atoms with Crippen LogP contribution < -0.4 is 5.32 Å². The fourth-order valence-electron chi connectivity index (χ4n) is 3.17. The maximum atomic E-state index is 12.2. The largest absolute Gasteiger partial charge is 0.436 e. The Kier molecular flexibility index (Phi) is 3.22. The number of oxazole rings is 1. The van der Waals surface area contributed by atoms with Crippen LogP contribution in [-0.4, -0.2) is 10.9 Å². The molecule has 3 aromatic carbocycles. The average molecular weight is 338 g/mol. The molecule has 0 saturated carbocycles. The number of hydrogen-bond acceptors (Lipinski definition) is 3. The monoisotopic (exact) mass is 338 g/mol. The summed E-state index contributed by atoms with van der Waals surface area (Å²) in [7, 11) is 0. The first-order valence-corrected chi connectivity index (χ1v) is 8.36. The van der Waals surface area contributed by atoms with Gasteiger partial charge in [0.05, 0.1) is 0 Å². The first-order valence-electron chi connectivity index (χ1n) is 8.36. The third-order valence-electron chi connectivity index (χ3n) is 4.47. The highest BCUT2D eigenvalue weighted by Crippen LogP contribution is 2.33. The predicted octanol–water partition coefficient (Wildman–Crippen LogP) is 4.99. The Morgan fingerprint density at radius 3 is 2.50 bits per heavy atom. The van der Waals surface area contributed by atoms with Crippen LogP contribution in [0.3, 0.4) is 0 Å². The van der Waals surface area contributed by atoms with Gasteiger partial charge in [-0.15, -0.1) is 0 Å². The summed E-state index contributed by atoms with van der Waals surface area (Å²) < 4.78 is 5.80. The highest BCUT2D eigenvalue weighted by atomic mass is 16.3. The van der Waals surface area contributed by atoms with Gasteiger partial charge >= 0.3 is 0 Å². The van der Waals surface area contributed by atoms with Crippen molar-refractivity contribution in [3.8, 4) is 11.5 Å². The molecule has 26 heavy (non-hydrogen) atoms. The number of rotatable bonds is 2. The highest BCUT2D eigenvalue weighted by molar-refractivity contribution is 6.34. The minimum atomic E-state index is -0.0748. The molecule has 1 N–H and O–H groups in total. The molecule has 4 aromatic rings. The van der Waals surface area contributed by atoms with Crippen molar-refractivity contribution in [3.05, 3.63) is 83.9 Å². The van der Waals surface area contributed by atoms with E-state index in [0.717, 1.165) is 33.5 Å². The van der Waals surface area contributed by atoms with Crippen molar-refractivity contribution in [2.75, 3.05) is 5.32 Å². The van der Waals surface area contributed by atoms with Crippen LogP contribution in [0.2, 0.25) is 0 Å². The van der Waals surface area contributed by atoms with Gasteiger partial charge in [-0.1, -0.05) is 42.5 Å². The van der Waals surface area contributed by atoms with Gasteiger partial charge in [0.15, 0.2) is 5.58 Å². The Bertz CT molecular complexity index is 1140. The van der Waals surface area contributed by atoms with E-state index in [2.05, 4.69) is 10.3 Å². The van der Waals surface area contributed by atoms with Gasteiger partial charge in [-0.25, -0.2) is 4.98 Å². The number of para-hydroxylation sites is 3. The lowest BCUT2D eigenvalue weighted by molar-refractivity contribution is -0.110. The molecule has 0 fully saturated rings. The molecule has 5 rings (SSSR count). The van der Waals surface area contributed by atoms with E-state index < -0.39 is 0 Å². The zero-order valence-electron chi connectivity index (χ0n) is 13.8. The minimum absolute atomic E-state index is 0.0748. The van der Waals surface area contributed by atoms with E-state index in [0.29, 0.717) is 11.5 Å².